The van der Waals surface area contributed by atoms with E-state index in [-0.39, 0.29) is 13.2 Å². The lowest BCUT2D eigenvalue weighted by atomic mass is 9.93. The molecular weight excluding hydrogens is 207 g/mol. The average Bonchev–Trinajstić information content (AvgIpc) is 2.49. The molecule has 0 saturated carbocycles. The first-order valence-electron chi connectivity index (χ1n) is 4.98. The Bertz CT molecular complexity index is 286. The van der Waals surface area contributed by atoms with Gasteiger partial charge in [-0.2, -0.15) is 0 Å². The summed E-state index contributed by atoms with van der Waals surface area (Å²) in [6.45, 7) is 5.58. The number of rotatable bonds is 5. The van der Waals surface area contributed by atoms with Crippen molar-refractivity contribution in [3.63, 3.8) is 0 Å². The van der Waals surface area contributed by atoms with Gasteiger partial charge in [-0.3, -0.25) is 0 Å². The molecule has 0 aromatic carbocycles. The quantitative estimate of drug-likeness (QED) is 0.398. The van der Waals surface area contributed by atoms with Crippen molar-refractivity contribution in [3.05, 3.63) is 12.3 Å². The van der Waals surface area contributed by atoms with Gasteiger partial charge in [-0.25, -0.2) is 0 Å². The lowest BCUT2D eigenvalue weighted by molar-refractivity contribution is -0.0253. The fraction of sp³-hybridized carbons (Fsp3) is 0.636. The second kappa shape index (κ2) is 5.95. The van der Waals surface area contributed by atoms with Crippen molar-refractivity contribution in [2.24, 2.45) is 0 Å². The normalized spacial score (nSPS) is 33.3. The molecular formula is C11H15BO4. The molecule has 1 rings (SSSR count). The van der Waals surface area contributed by atoms with Crippen LogP contribution in [0.15, 0.2) is 12.3 Å². The molecule has 1 aliphatic heterocycles. The Morgan fingerprint density at radius 1 is 1.69 bits per heavy atom. The number of terminal acetylenes is 1. The summed E-state index contributed by atoms with van der Waals surface area (Å²) in [5, 5.41) is 9.85. The maximum atomic E-state index is 9.85. The van der Waals surface area contributed by atoms with Gasteiger partial charge in [0.15, 0.2) is 0 Å². The molecule has 5 heteroatoms. The summed E-state index contributed by atoms with van der Waals surface area (Å²) < 4.78 is 15.7. The Morgan fingerprint density at radius 2 is 2.38 bits per heavy atom. The van der Waals surface area contributed by atoms with Crippen molar-refractivity contribution in [3.8, 4) is 12.3 Å². The van der Waals surface area contributed by atoms with Gasteiger partial charge < -0.3 is 19.3 Å². The van der Waals surface area contributed by atoms with Crippen molar-refractivity contribution < 1.29 is 19.3 Å². The molecule has 4 unspecified atom stereocenters. The van der Waals surface area contributed by atoms with Gasteiger partial charge >= 0.3 is 0 Å². The first-order chi connectivity index (χ1) is 7.56. The Morgan fingerprint density at radius 3 is 2.94 bits per heavy atom. The smallest absolute Gasteiger partial charge is 0.119 e. The van der Waals surface area contributed by atoms with E-state index >= 15 is 0 Å². The van der Waals surface area contributed by atoms with Gasteiger partial charge in [0.05, 0.1) is 5.76 Å². The van der Waals surface area contributed by atoms with Gasteiger partial charge in [0.2, 0.25) is 0 Å². The summed E-state index contributed by atoms with van der Waals surface area (Å²) in [5.74, 6) is 2.86. The standard InChI is InChI=1S/C11H15BO4/c1-4-5-14-10-9(13)8(16-11(10)12)6-15-7(2)3/h1,8-11,13H,2,5-6H2,3H3. The topological polar surface area (TPSA) is 47.9 Å². The monoisotopic (exact) mass is 222 g/mol. The van der Waals surface area contributed by atoms with E-state index in [2.05, 4.69) is 12.5 Å². The molecule has 2 radical (unpaired) electrons. The molecule has 4 nitrogen and oxygen atoms in total. The van der Waals surface area contributed by atoms with Gasteiger partial charge in [-0.15, -0.1) is 6.42 Å². The summed E-state index contributed by atoms with van der Waals surface area (Å²) in [7, 11) is 5.65. The molecule has 0 aromatic rings. The van der Waals surface area contributed by atoms with Crippen LogP contribution in [0.4, 0.5) is 0 Å². The third kappa shape index (κ3) is 3.27. The molecule has 1 aliphatic rings. The molecule has 86 valence electrons. The zero-order chi connectivity index (χ0) is 12.1. The van der Waals surface area contributed by atoms with Crippen LogP contribution in [0.2, 0.25) is 0 Å². The first-order valence-corrected chi connectivity index (χ1v) is 4.98. The van der Waals surface area contributed by atoms with Crippen LogP contribution in [-0.2, 0) is 14.2 Å². The van der Waals surface area contributed by atoms with Crippen molar-refractivity contribution >= 4 is 7.85 Å². The van der Waals surface area contributed by atoms with Crippen molar-refractivity contribution in [2.45, 2.75) is 31.2 Å². The Hall–Kier alpha value is -0.955. The number of aliphatic hydroxyl groups excluding tert-OH is 1. The van der Waals surface area contributed by atoms with Crippen LogP contribution in [-0.4, -0.2) is 50.5 Å². The highest BCUT2D eigenvalue weighted by atomic mass is 16.6. The van der Waals surface area contributed by atoms with E-state index in [1.807, 2.05) is 0 Å². The molecule has 0 amide bonds. The molecule has 1 N–H and O–H groups in total. The highest BCUT2D eigenvalue weighted by Gasteiger charge is 2.41. The molecule has 1 fully saturated rings. The third-order valence-corrected chi connectivity index (χ3v) is 2.23. The van der Waals surface area contributed by atoms with Crippen molar-refractivity contribution in [2.75, 3.05) is 13.2 Å². The minimum absolute atomic E-state index is 0.0901. The largest absolute Gasteiger partial charge is 0.496 e. The fourth-order valence-corrected chi connectivity index (χ4v) is 1.47. The molecule has 0 bridgehead atoms. The zero-order valence-corrected chi connectivity index (χ0v) is 9.26. The Balaban J connectivity index is 2.46. The highest BCUT2D eigenvalue weighted by Crippen LogP contribution is 2.22. The molecule has 0 aromatic heterocycles. The second-order valence-corrected chi connectivity index (χ2v) is 3.62. The zero-order valence-electron chi connectivity index (χ0n) is 9.26. The van der Waals surface area contributed by atoms with Gasteiger partial charge in [-0.05, 0) is 6.92 Å². The van der Waals surface area contributed by atoms with Crippen LogP contribution < -0.4 is 0 Å². The summed E-state index contributed by atoms with van der Waals surface area (Å²) in [5.41, 5.74) is 0. The van der Waals surface area contributed by atoms with Gasteiger partial charge in [0.25, 0.3) is 0 Å². The Kier molecular flexibility index (Phi) is 4.87. The highest BCUT2D eigenvalue weighted by molar-refractivity contribution is 6.11. The number of hydrogen-bond donors (Lipinski definition) is 1. The molecule has 4 atom stereocenters. The van der Waals surface area contributed by atoms with Gasteiger partial charge in [0.1, 0.15) is 39.4 Å². The van der Waals surface area contributed by atoms with E-state index in [0.717, 1.165) is 0 Å². The van der Waals surface area contributed by atoms with E-state index in [0.29, 0.717) is 5.76 Å². The SMILES string of the molecule is [B]C1OC(COC(=C)C)C(O)C1OCC#C. The van der Waals surface area contributed by atoms with E-state index < -0.39 is 24.3 Å². The van der Waals surface area contributed by atoms with E-state index in [1.54, 1.807) is 6.92 Å². The van der Waals surface area contributed by atoms with Crippen LogP contribution in [0.5, 0.6) is 0 Å². The van der Waals surface area contributed by atoms with Crippen LogP contribution in [0, 0.1) is 12.3 Å². The maximum Gasteiger partial charge on any atom is 0.119 e. The van der Waals surface area contributed by atoms with Crippen LogP contribution in [0.1, 0.15) is 6.92 Å². The third-order valence-electron chi connectivity index (χ3n) is 2.23. The van der Waals surface area contributed by atoms with E-state index in [4.69, 9.17) is 28.5 Å². The Labute approximate surface area is 97.0 Å². The molecule has 1 heterocycles. The number of hydrogen-bond acceptors (Lipinski definition) is 4. The van der Waals surface area contributed by atoms with Crippen LogP contribution >= 0.6 is 0 Å². The molecule has 0 spiro atoms. The summed E-state index contributed by atoms with van der Waals surface area (Å²) in [6, 6.07) is -0.693. The van der Waals surface area contributed by atoms with Crippen LogP contribution in [0.25, 0.3) is 0 Å². The first kappa shape index (κ1) is 13.1. The lowest BCUT2D eigenvalue weighted by Crippen LogP contribution is -2.36. The lowest BCUT2D eigenvalue weighted by Gasteiger charge is -2.18. The molecule has 16 heavy (non-hydrogen) atoms. The summed E-state index contributed by atoms with van der Waals surface area (Å²) in [6.07, 6.45) is 3.08. The van der Waals surface area contributed by atoms with E-state index in [1.165, 1.54) is 0 Å². The molecule has 1 saturated heterocycles. The number of allylic oxidation sites excluding steroid dienone is 1. The number of aliphatic hydroxyl groups is 1. The van der Waals surface area contributed by atoms with Gasteiger partial charge in [-0.1, -0.05) is 12.5 Å². The van der Waals surface area contributed by atoms with E-state index in [9.17, 15) is 5.11 Å². The van der Waals surface area contributed by atoms with Crippen molar-refractivity contribution in [1.29, 1.82) is 0 Å². The van der Waals surface area contributed by atoms with Gasteiger partial charge in [0, 0.05) is 6.00 Å². The maximum absolute atomic E-state index is 9.85. The summed E-state index contributed by atoms with van der Waals surface area (Å²) in [4.78, 5) is 0. The average molecular weight is 222 g/mol. The predicted molar refractivity (Wildman–Crippen MR) is 59.8 cm³/mol. The molecule has 0 aliphatic carbocycles. The minimum Gasteiger partial charge on any atom is -0.496 e. The predicted octanol–water partition coefficient (Wildman–Crippen LogP) is -0.191. The van der Waals surface area contributed by atoms with Crippen molar-refractivity contribution in [1.82, 2.24) is 0 Å². The van der Waals surface area contributed by atoms with Crippen LogP contribution in [0.3, 0.4) is 0 Å². The minimum atomic E-state index is -0.845. The second-order valence-electron chi connectivity index (χ2n) is 3.62. The summed E-state index contributed by atoms with van der Waals surface area (Å²) >= 11 is 0. The number of ether oxygens (including phenoxy) is 3. The fourth-order valence-electron chi connectivity index (χ4n) is 1.47.